The van der Waals surface area contributed by atoms with Crippen molar-refractivity contribution >= 4 is 0 Å². The van der Waals surface area contributed by atoms with E-state index in [0.29, 0.717) is 11.1 Å². The van der Waals surface area contributed by atoms with Crippen molar-refractivity contribution in [2.45, 2.75) is 0 Å². The molecule has 0 bridgehead atoms. The quantitative estimate of drug-likeness (QED) is 0.749. The summed E-state index contributed by atoms with van der Waals surface area (Å²) in [5.74, 6) is -0.900. The lowest BCUT2D eigenvalue weighted by Gasteiger charge is -1.97. The van der Waals surface area contributed by atoms with E-state index >= 15 is 0 Å². The normalized spacial score (nSPS) is 10.7. The maximum absolute atomic E-state index is 13.3. The molecule has 6 heteroatoms. The van der Waals surface area contributed by atoms with E-state index in [9.17, 15) is 9.50 Å². The number of benzene rings is 2. The highest BCUT2D eigenvalue weighted by Crippen LogP contribution is 2.29. The van der Waals surface area contributed by atoms with E-state index in [1.54, 1.807) is 18.2 Å². The van der Waals surface area contributed by atoms with Crippen LogP contribution in [-0.2, 0) is 0 Å². The smallest absolute Gasteiger partial charge is 0.261 e. The number of halogens is 1. The molecule has 0 aliphatic carbocycles. The third kappa shape index (κ3) is 2.07. The van der Waals surface area contributed by atoms with Gasteiger partial charge in [-0.15, -0.1) is 0 Å². The van der Waals surface area contributed by atoms with Crippen molar-refractivity contribution in [1.29, 1.82) is 0 Å². The molecule has 0 fully saturated rings. The van der Waals surface area contributed by atoms with Crippen LogP contribution in [0.3, 0.4) is 0 Å². The van der Waals surface area contributed by atoms with Gasteiger partial charge in [0.1, 0.15) is 5.75 Å². The van der Waals surface area contributed by atoms with Crippen molar-refractivity contribution in [1.82, 2.24) is 10.1 Å². The standard InChI is InChI=1S/C14H9FN2O3/c15-10-7-8(5-6-12(10)19)13-16-14(20-17-13)9-3-1-2-4-11(9)18/h1-7,18-19H. The molecule has 1 heterocycles. The molecule has 0 radical (unpaired) electrons. The molecule has 0 aliphatic heterocycles. The minimum atomic E-state index is -0.767. The summed E-state index contributed by atoms with van der Waals surface area (Å²) >= 11 is 0. The molecule has 2 aromatic carbocycles. The monoisotopic (exact) mass is 272 g/mol. The molecular weight excluding hydrogens is 263 g/mol. The number of para-hydroxylation sites is 1. The van der Waals surface area contributed by atoms with Gasteiger partial charge in [0.15, 0.2) is 11.6 Å². The van der Waals surface area contributed by atoms with Crippen LogP contribution in [0.4, 0.5) is 4.39 Å². The second-order valence-electron chi connectivity index (χ2n) is 4.11. The van der Waals surface area contributed by atoms with E-state index < -0.39 is 11.6 Å². The summed E-state index contributed by atoms with van der Waals surface area (Å²) < 4.78 is 18.3. The molecular formula is C14H9FN2O3. The lowest BCUT2D eigenvalue weighted by molar-refractivity contribution is 0.425. The summed E-state index contributed by atoms with van der Waals surface area (Å²) in [6.07, 6.45) is 0. The number of phenols is 2. The van der Waals surface area contributed by atoms with Gasteiger partial charge in [0.05, 0.1) is 5.56 Å². The van der Waals surface area contributed by atoms with Crippen LogP contribution in [0.5, 0.6) is 11.5 Å². The van der Waals surface area contributed by atoms with Crippen LogP contribution in [0, 0.1) is 5.82 Å². The Bertz CT molecular complexity index is 771. The number of hydrogen-bond acceptors (Lipinski definition) is 5. The molecule has 20 heavy (non-hydrogen) atoms. The van der Waals surface area contributed by atoms with Gasteiger partial charge < -0.3 is 14.7 Å². The van der Waals surface area contributed by atoms with Gasteiger partial charge in [-0.1, -0.05) is 17.3 Å². The Kier molecular flexibility index (Phi) is 2.83. The predicted molar refractivity (Wildman–Crippen MR) is 68.5 cm³/mol. The summed E-state index contributed by atoms with van der Waals surface area (Å²) in [5.41, 5.74) is 0.760. The summed E-state index contributed by atoms with van der Waals surface area (Å²) in [5, 5.41) is 22.6. The molecule has 0 aliphatic rings. The Hall–Kier alpha value is -2.89. The summed E-state index contributed by atoms with van der Waals surface area (Å²) in [6, 6.07) is 10.3. The molecule has 3 rings (SSSR count). The van der Waals surface area contributed by atoms with Gasteiger partial charge in [0.25, 0.3) is 5.89 Å². The zero-order valence-electron chi connectivity index (χ0n) is 10.1. The first kappa shape index (κ1) is 12.2. The van der Waals surface area contributed by atoms with E-state index in [1.807, 2.05) is 0 Å². The molecule has 100 valence electrons. The van der Waals surface area contributed by atoms with Crippen molar-refractivity contribution in [3.63, 3.8) is 0 Å². The van der Waals surface area contributed by atoms with Crippen molar-refractivity contribution in [2.24, 2.45) is 0 Å². The molecule has 2 N–H and O–H groups in total. The largest absolute Gasteiger partial charge is 0.507 e. The molecule has 5 nitrogen and oxygen atoms in total. The highest BCUT2D eigenvalue weighted by atomic mass is 19.1. The van der Waals surface area contributed by atoms with Crippen LogP contribution in [0.1, 0.15) is 0 Å². The van der Waals surface area contributed by atoms with E-state index in [0.717, 1.165) is 6.07 Å². The average molecular weight is 272 g/mol. The Morgan fingerprint density at radius 3 is 2.55 bits per heavy atom. The highest BCUT2D eigenvalue weighted by Gasteiger charge is 2.14. The number of hydrogen-bond donors (Lipinski definition) is 2. The van der Waals surface area contributed by atoms with Crippen LogP contribution >= 0.6 is 0 Å². The third-order valence-corrected chi connectivity index (χ3v) is 2.77. The molecule has 0 saturated heterocycles. The number of aromatic hydroxyl groups is 2. The van der Waals surface area contributed by atoms with Crippen LogP contribution in [0.2, 0.25) is 0 Å². The van der Waals surface area contributed by atoms with Gasteiger partial charge in [-0.25, -0.2) is 4.39 Å². The van der Waals surface area contributed by atoms with Gasteiger partial charge >= 0.3 is 0 Å². The summed E-state index contributed by atoms with van der Waals surface area (Å²) in [4.78, 5) is 4.10. The molecule has 0 amide bonds. The number of rotatable bonds is 2. The molecule has 0 spiro atoms. The SMILES string of the molecule is Oc1ccc(-c2noc(-c3ccccc3O)n2)cc1F. The number of phenolic OH excluding ortho intramolecular Hbond substituents is 2. The molecule has 0 atom stereocenters. The average Bonchev–Trinajstić information content (AvgIpc) is 2.92. The Balaban J connectivity index is 2.02. The first-order chi connectivity index (χ1) is 9.65. The van der Waals surface area contributed by atoms with Crippen molar-refractivity contribution in [2.75, 3.05) is 0 Å². The highest BCUT2D eigenvalue weighted by molar-refractivity contribution is 5.65. The van der Waals surface area contributed by atoms with E-state index in [4.69, 9.17) is 9.63 Å². The van der Waals surface area contributed by atoms with E-state index in [2.05, 4.69) is 10.1 Å². The Labute approximate surface area is 112 Å². The van der Waals surface area contributed by atoms with Crippen LogP contribution in [0.15, 0.2) is 47.0 Å². The predicted octanol–water partition coefficient (Wildman–Crippen LogP) is 2.95. The number of aromatic nitrogens is 2. The number of nitrogens with zero attached hydrogens (tertiary/aromatic N) is 2. The van der Waals surface area contributed by atoms with E-state index in [-0.39, 0.29) is 17.5 Å². The Morgan fingerprint density at radius 2 is 1.80 bits per heavy atom. The zero-order chi connectivity index (χ0) is 14.1. The first-order valence-corrected chi connectivity index (χ1v) is 5.76. The van der Waals surface area contributed by atoms with Gasteiger partial charge in [-0.05, 0) is 30.3 Å². The van der Waals surface area contributed by atoms with E-state index in [1.165, 1.54) is 18.2 Å². The van der Waals surface area contributed by atoms with Crippen molar-refractivity contribution in [3.05, 3.63) is 48.3 Å². The second kappa shape index (κ2) is 4.65. The first-order valence-electron chi connectivity index (χ1n) is 5.76. The fourth-order valence-corrected chi connectivity index (χ4v) is 1.75. The minimum absolute atomic E-state index is 0.0135. The second-order valence-corrected chi connectivity index (χ2v) is 4.11. The minimum Gasteiger partial charge on any atom is -0.507 e. The Morgan fingerprint density at radius 1 is 1.00 bits per heavy atom. The van der Waals surface area contributed by atoms with Gasteiger partial charge in [0, 0.05) is 5.56 Å². The van der Waals surface area contributed by atoms with Crippen molar-refractivity contribution in [3.8, 4) is 34.3 Å². The fourth-order valence-electron chi connectivity index (χ4n) is 1.75. The van der Waals surface area contributed by atoms with Crippen molar-refractivity contribution < 1.29 is 19.1 Å². The van der Waals surface area contributed by atoms with Gasteiger partial charge in [0.2, 0.25) is 5.82 Å². The lowest BCUT2D eigenvalue weighted by Crippen LogP contribution is -1.84. The van der Waals surface area contributed by atoms with Crippen LogP contribution in [-0.4, -0.2) is 20.4 Å². The van der Waals surface area contributed by atoms with Crippen LogP contribution < -0.4 is 0 Å². The van der Waals surface area contributed by atoms with Gasteiger partial charge in [-0.2, -0.15) is 4.98 Å². The van der Waals surface area contributed by atoms with Crippen LogP contribution in [0.25, 0.3) is 22.8 Å². The molecule has 1 aromatic heterocycles. The lowest BCUT2D eigenvalue weighted by atomic mass is 10.2. The fraction of sp³-hybridized carbons (Fsp3) is 0. The zero-order valence-corrected chi connectivity index (χ0v) is 10.1. The maximum Gasteiger partial charge on any atom is 0.261 e. The molecule has 0 saturated carbocycles. The maximum atomic E-state index is 13.3. The third-order valence-electron chi connectivity index (χ3n) is 2.77. The summed E-state index contributed by atoms with van der Waals surface area (Å²) in [6.45, 7) is 0. The van der Waals surface area contributed by atoms with Gasteiger partial charge in [-0.3, -0.25) is 0 Å². The molecule has 0 unspecified atom stereocenters. The summed E-state index contributed by atoms with van der Waals surface area (Å²) in [7, 11) is 0. The topological polar surface area (TPSA) is 79.4 Å². The molecule has 3 aromatic rings.